The van der Waals surface area contributed by atoms with Crippen molar-refractivity contribution in [3.05, 3.63) is 50.9 Å². The molecular weight excluding hydrogens is 493 g/mol. The van der Waals surface area contributed by atoms with Gasteiger partial charge >= 0.3 is 0 Å². The second-order valence-corrected chi connectivity index (χ2v) is 10.7. The highest BCUT2D eigenvalue weighted by atomic mass is 32.2. The largest absolute Gasteiger partial charge is 0.505 e. The molecule has 180 valence electrons. The summed E-state index contributed by atoms with van der Waals surface area (Å²) in [5.41, 5.74) is 8.11. The van der Waals surface area contributed by atoms with Crippen molar-refractivity contribution in [2.24, 2.45) is 11.7 Å². The van der Waals surface area contributed by atoms with Crippen LogP contribution in [0.25, 0.3) is 11.3 Å². The number of nitrogens with zero attached hydrogens (tertiary/aromatic N) is 2. The van der Waals surface area contributed by atoms with Crippen LogP contribution in [0.4, 0.5) is 11.4 Å². The predicted octanol–water partition coefficient (Wildman–Crippen LogP) is 1.86. The van der Waals surface area contributed by atoms with Gasteiger partial charge in [-0.2, -0.15) is 16.4 Å². The van der Waals surface area contributed by atoms with E-state index in [4.69, 9.17) is 10.3 Å². The smallest absolute Gasteiger partial charge is 0.287 e. The van der Waals surface area contributed by atoms with E-state index in [0.29, 0.717) is 34.7 Å². The van der Waals surface area contributed by atoms with E-state index in [1.165, 1.54) is 47.9 Å². The average molecular weight is 521 g/mol. The van der Waals surface area contributed by atoms with Gasteiger partial charge in [0.2, 0.25) is 8.38 Å². The van der Waals surface area contributed by atoms with Gasteiger partial charge in [-0.1, -0.05) is 24.8 Å². The van der Waals surface area contributed by atoms with Crippen LogP contribution in [-0.2, 0) is 11.1 Å². The monoisotopic (exact) mass is 520 g/mol. The van der Waals surface area contributed by atoms with Gasteiger partial charge in [0.05, 0.1) is 5.30 Å². The molecule has 1 aromatic carbocycles. The van der Waals surface area contributed by atoms with Crippen molar-refractivity contribution in [3.8, 4) is 17.0 Å². The lowest BCUT2D eigenvalue weighted by Gasteiger charge is -2.13. The molecule has 0 spiro atoms. The lowest BCUT2D eigenvalue weighted by Crippen LogP contribution is -2.72. The Balaban J connectivity index is 1.82. The Kier molecular flexibility index (Phi) is 7.90. The van der Waals surface area contributed by atoms with Crippen LogP contribution >= 0.6 is 31.7 Å². The zero-order valence-electron chi connectivity index (χ0n) is 18.8. The maximum Gasteiger partial charge on any atom is 0.287 e. The molecule has 0 aliphatic heterocycles. The fraction of sp³-hybridized carbons (Fsp3) is 0.318. The quantitative estimate of drug-likeness (QED) is 0.118. The van der Waals surface area contributed by atoms with E-state index in [-0.39, 0.29) is 17.1 Å². The molecule has 1 saturated carbocycles. The highest BCUT2D eigenvalue weighted by Gasteiger charge is 2.27. The van der Waals surface area contributed by atoms with Crippen LogP contribution < -0.4 is 26.3 Å². The second kappa shape index (κ2) is 10.9. The second-order valence-electron chi connectivity index (χ2n) is 7.88. The standard InChI is InChI=1S/C22H26N5O4PS2/c1-31-32(30)17-11-15(26-33-2)5-6-16(17)24-21(23)18-20(28)19(14-8-10-34-12-14)25-27(22(18)29)9-7-13-3-4-13/h5-6,8,10-13,26,28,30H,3-4,7,9H2,1-2H3,(H2,23,24)/p+1. The molecule has 1 unspecified atom stereocenters. The van der Waals surface area contributed by atoms with Gasteiger partial charge in [0.1, 0.15) is 11.4 Å². The minimum Gasteiger partial charge on any atom is -0.505 e. The van der Waals surface area contributed by atoms with E-state index in [1.54, 1.807) is 12.1 Å². The molecule has 1 fully saturated rings. The van der Waals surface area contributed by atoms with Crippen molar-refractivity contribution in [3.63, 3.8) is 0 Å². The molecule has 34 heavy (non-hydrogen) atoms. The highest BCUT2D eigenvalue weighted by molar-refractivity contribution is 7.99. The fourth-order valence-electron chi connectivity index (χ4n) is 3.54. The molecule has 6 N–H and O–H groups in total. The van der Waals surface area contributed by atoms with Gasteiger partial charge in [-0.3, -0.25) is 10.5 Å². The van der Waals surface area contributed by atoms with Crippen molar-refractivity contribution >= 4 is 54.2 Å². The maximum atomic E-state index is 13.3. The molecule has 3 aromatic rings. The Bertz CT molecular complexity index is 1240. The summed E-state index contributed by atoms with van der Waals surface area (Å²) in [5, 5.41) is 19.7. The Morgan fingerprint density at radius 2 is 2.24 bits per heavy atom. The van der Waals surface area contributed by atoms with Crippen molar-refractivity contribution < 1.29 is 19.5 Å². The third-order valence-corrected chi connectivity index (χ3v) is 7.76. The van der Waals surface area contributed by atoms with Crippen molar-refractivity contribution in [1.82, 2.24) is 9.78 Å². The van der Waals surface area contributed by atoms with Crippen LogP contribution in [-0.4, -0.2) is 39.0 Å². The number of hydrogen-bond donors (Lipinski definition) is 5. The molecule has 4 rings (SSSR count). The fourth-order valence-corrected chi connectivity index (χ4v) is 5.33. The predicted molar refractivity (Wildman–Crippen MR) is 139 cm³/mol. The molecule has 1 aliphatic rings. The van der Waals surface area contributed by atoms with Crippen molar-refractivity contribution in [1.29, 1.82) is 0 Å². The van der Waals surface area contributed by atoms with Gasteiger partial charge in [0, 0.05) is 36.5 Å². The molecule has 1 atom stereocenters. The molecule has 12 heteroatoms. The SMILES string of the molecule is COP(O)c1cc(NSC)ccc1[NH+]=C(N)c1c(O)c(-c2ccsc2)nn(CCC2CC2)c1=O. The first-order valence-electron chi connectivity index (χ1n) is 10.7. The number of nitrogens with one attached hydrogen (secondary N) is 2. The van der Waals surface area contributed by atoms with Crippen LogP contribution in [0, 0.1) is 5.92 Å². The summed E-state index contributed by atoms with van der Waals surface area (Å²) >= 11 is 2.89. The van der Waals surface area contributed by atoms with E-state index in [9.17, 15) is 14.8 Å². The van der Waals surface area contributed by atoms with E-state index < -0.39 is 13.9 Å². The number of thiophene rings is 1. The third kappa shape index (κ3) is 5.45. The Morgan fingerprint density at radius 1 is 1.44 bits per heavy atom. The number of rotatable bonds is 10. The molecule has 2 heterocycles. The number of hydrogen-bond acceptors (Lipinski definition) is 8. The number of aromatic nitrogens is 2. The number of benzene rings is 1. The van der Waals surface area contributed by atoms with Gasteiger partial charge in [-0.15, -0.1) is 0 Å². The van der Waals surface area contributed by atoms with Gasteiger partial charge in [-0.25, -0.2) is 9.67 Å². The first-order chi connectivity index (χ1) is 16.4. The van der Waals surface area contributed by atoms with Gasteiger partial charge in [0.25, 0.3) is 11.4 Å². The summed E-state index contributed by atoms with van der Waals surface area (Å²) in [6, 6.07) is 7.13. The Hall–Kier alpha value is -2.43. The topological polar surface area (TPSA) is 137 Å². The summed E-state index contributed by atoms with van der Waals surface area (Å²) in [4.78, 5) is 26.7. The number of anilines is 1. The molecule has 2 aromatic heterocycles. The lowest BCUT2D eigenvalue weighted by molar-refractivity contribution is -0.352. The summed E-state index contributed by atoms with van der Waals surface area (Å²) in [7, 11) is -0.507. The third-order valence-electron chi connectivity index (χ3n) is 5.51. The average Bonchev–Trinajstić information content (AvgIpc) is 3.50. The molecule has 0 bridgehead atoms. The van der Waals surface area contributed by atoms with Gasteiger partial charge in [0.15, 0.2) is 11.3 Å². The van der Waals surface area contributed by atoms with Crippen LogP contribution in [0.2, 0.25) is 0 Å². The van der Waals surface area contributed by atoms with Crippen LogP contribution in [0.15, 0.2) is 39.8 Å². The Morgan fingerprint density at radius 3 is 2.88 bits per heavy atom. The number of aromatic hydroxyl groups is 1. The molecule has 9 nitrogen and oxygen atoms in total. The minimum absolute atomic E-state index is 0.0344. The van der Waals surface area contributed by atoms with E-state index >= 15 is 0 Å². The van der Waals surface area contributed by atoms with E-state index in [1.807, 2.05) is 29.1 Å². The number of nitrogens with two attached hydrogens (primary N) is 1. The Labute approximate surface area is 206 Å². The molecule has 1 aliphatic carbocycles. The summed E-state index contributed by atoms with van der Waals surface area (Å²) in [6.07, 6.45) is 5.08. The van der Waals surface area contributed by atoms with E-state index in [2.05, 4.69) is 14.8 Å². The van der Waals surface area contributed by atoms with Crippen molar-refractivity contribution in [2.75, 3.05) is 18.1 Å². The lowest BCUT2D eigenvalue weighted by atomic mass is 10.1. The van der Waals surface area contributed by atoms with E-state index in [0.717, 1.165) is 12.1 Å². The summed E-state index contributed by atoms with van der Waals surface area (Å²) in [5.74, 6) is 0.299. The minimum atomic E-state index is -1.92. The van der Waals surface area contributed by atoms with Gasteiger partial charge in [-0.05, 0) is 42.0 Å². The molecule has 0 amide bonds. The molecular formula is C22H27N5O4PS2+. The zero-order valence-corrected chi connectivity index (χ0v) is 21.3. The number of nitrogen functional groups attached to an aromatic ring is 1. The highest BCUT2D eigenvalue weighted by Crippen LogP contribution is 2.34. The zero-order chi connectivity index (χ0) is 24.2. The first kappa shape index (κ1) is 24.7. The first-order valence-corrected chi connectivity index (χ1v) is 14.0. The summed E-state index contributed by atoms with van der Waals surface area (Å²) in [6.45, 7) is 0.452. The van der Waals surface area contributed by atoms with Crippen LogP contribution in [0.1, 0.15) is 24.8 Å². The van der Waals surface area contributed by atoms with Gasteiger partial charge < -0.3 is 19.2 Å². The number of amidine groups is 1. The molecule has 0 saturated heterocycles. The summed E-state index contributed by atoms with van der Waals surface area (Å²) < 4.78 is 9.66. The number of aryl methyl sites for hydroxylation is 1. The van der Waals surface area contributed by atoms with Crippen LogP contribution in [0.3, 0.4) is 0 Å². The maximum absolute atomic E-state index is 13.3. The van der Waals surface area contributed by atoms with Crippen molar-refractivity contribution in [2.45, 2.75) is 25.8 Å². The molecule has 0 radical (unpaired) electrons. The van der Waals surface area contributed by atoms with Crippen LogP contribution in [0.5, 0.6) is 5.75 Å². The normalized spacial score (nSPS) is 14.9.